The summed E-state index contributed by atoms with van der Waals surface area (Å²) in [7, 11) is 0. The van der Waals surface area contributed by atoms with Crippen molar-refractivity contribution in [1.82, 2.24) is 4.90 Å². The van der Waals surface area contributed by atoms with Crippen molar-refractivity contribution in [2.75, 3.05) is 36.0 Å². The molecule has 42 heavy (non-hydrogen) atoms. The van der Waals surface area contributed by atoms with Crippen LogP contribution in [-0.4, -0.2) is 87.8 Å². The Hall–Kier alpha value is -3.21. The number of carbonyl (C=O) groups is 3. The molecule has 9 nitrogen and oxygen atoms in total. The number of likely N-dealkylation sites (tertiary alicyclic amines) is 1. The maximum Gasteiger partial charge on any atom is 0.310 e. The third-order valence-electron chi connectivity index (χ3n) is 9.03. The Morgan fingerprint density at radius 2 is 1.79 bits per heavy atom. The fourth-order valence-corrected chi connectivity index (χ4v) is 8.13. The van der Waals surface area contributed by atoms with Crippen molar-refractivity contribution in [3.8, 4) is 0 Å². The number of ether oxygens (including phenoxy) is 1. The number of halogens is 1. The number of nitrogens with zero attached hydrogens (tertiary/aromatic N) is 3. The number of hydrogen-bond donors (Lipinski definition) is 2. The highest BCUT2D eigenvalue weighted by Crippen LogP contribution is 2.60. The number of aliphatic carboxylic acids is 1. The Kier molecular flexibility index (Phi) is 8.78. The SMILES string of the molecule is C=CCN(C(=O)[C@H]1N([C@@H](CO)Cc2ccccc2)C(=O)[C@@H]2[C@@H](C(=O)O)[C@@H]3O[C@@]21CC3Br)c1ccc(N(CC)CC)cc1. The molecule has 0 saturated carbocycles. The van der Waals surface area contributed by atoms with E-state index in [1.165, 1.54) is 4.90 Å². The summed E-state index contributed by atoms with van der Waals surface area (Å²) in [5.74, 6) is -4.13. The summed E-state index contributed by atoms with van der Waals surface area (Å²) in [4.78, 5) is 46.4. The maximum atomic E-state index is 14.8. The first-order valence-corrected chi connectivity index (χ1v) is 15.4. The van der Waals surface area contributed by atoms with E-state index in [0.29, 0.717) is 18.5 Å². The first-order chi connectivity index (χ1) is 20.2. The second-order valence-corrected chi connectivity index (χ2v) is 12.4. The van der Waals surface area contributed by atoms with E-state index < -0.39 is 54.1 Å². The lowest BCUT2D eigenvalue weighted by molar-refractivity contribution is -0.150. The van der Waals surface area contributed by atoms with Crippen LogP contribution in [0.5, 0.6) is 0 Å². The summed E-state index contributed by atoms with van der Waals surface area (Å²) in [6, 6.07) is 15.2. The Morgan fingerprint density at radius 1 is 1.14 bits per heavy atom. The molecule has 3 aliphatic heterocycles. The van der Waals surface area contributed by atoms with Crippen LogP contribution < -0.4 is 9.80 Å². The zero-order chi connectivity index (χ0) is 30.2. The van der Waals surface area contributed by atoms with Crippen molar-refractivity contribution in [2.45, 2.75) is 55.3 Å². The van der Waals surface area contributed by atoms with Crippen molar-refractivity contribution in [3.63, 3.8) is 0 Å². The van der Waals surface area contributed by atoms with Gasteiger partial charge in [0.15, 0.2) is 0 Å². The first-order valence-electron chi connectivity index (χ1n) is 14.5. The van der Waals surface area contributed by atoms with E-state index in [0.717, 1.165) is 24.3 Å². The minimum Gasteiger partial charge on any atom is -0.481 e. The molecule has 3 saturated heterocycles. The lowest BCUT2D eigenvalue weighted by atomic mass is 9.70. The molecule has 10 heteroatoms. The summed E-state index contributed by atoms with van der Waals surface area (Å²) in [6.07, 6.45) is 1.49. The number of aliphatic hydroxyl groups excluding tert-OH is 1. The highest BCUT2D eigenvalue weighted by molar-refractivity contribution is 9.09. The van der Waals surface area contributed by atoms with Crippen LogP contribution in [0.1, 0.15) is 25.8 Å². The Balaban J connectivity index is 1.59. The quantitative estimate of drug-likeness (QED) is 0.270. The lowest BCUT2D eigenvalue weighted by Crippen LogP contribution is -2.59. The van der Waals surface area contributed by atoms with Crippen LogP contribution in [-0.2, 0) is 25.5 Å². The zero-order valence-corrected chi connectivity index (χ0v) is 25.5. The van der Waals surface area contributed by atoms with Crippen LogP contribution in [0, 0.1) is 11.8 Å². The zero-order valence-electron chi connectivity index (χ0n) is 23.9. The highest BCUT2D eigenvalue weighted by atomic mass is 79.9. The molecular weight excluding hydrogens is 602 g/mol. The molecule has 2 amide bonds. The van der Waals surface area contributed by atoms with Gasteiger partial charge in [-0.05, 0) is 56.5 Å². The monoisotopic (exact) mass is 639 g/mol. The number of fused-ring (bicyclic) bond motifs is 1. The standard InChI is InChI=1S/C32H38BrN3O6/c1-4-16-35(22-14-12-21(13-15-22)34(5-2)6-3)30(39)28-32-18-24(33)27(42-32)25(31(40)41)26(32)29(38)36(28)23(19-37)17-20-10-8-7-9-11-20/h4,7-15,23-28,37H,1,5-6,16-19H2,2-3H3,(H,40,41)/t23-,24?,25-,26+,27-,28-,32+/m1/s1. The topological polar surface area (TPSA) is 111 Å². The first kappa shape index (κ1) is 30.3. The molecule has 1 unspecified atom stereocenters. The Labute approximate surface area is 254 Å². The van der Waals surface area contributed by atoms with Crippen LogP contribution >= 0.6 is 15.9 Å². The summed E-state index contributed by atoms with van der Waals surface area (Å²) >= 11 is 3.59. The van der Waals surface area contributed by atoms with Gasteiger partial charge in [-0.15, -0.1) is 6.58 Å². The minimum absolute atomic E-state index is 0.175. The molecule has 7 atom stereocenters. The predicted molar refractivity (Wildman–Crippen MR) is 164 cm³/mol. The van der Waals surface area contributed by atoms with Crippen molar-refractivity contribution in [3.05, 3.63) is 72.8 Å². The molecule has 2 aromatic rings. The molecule has 0 aliphatic carbocycles. The lowest BCUT2D eigenvalue weighted by Gasteiger charge is -2.39. The fraction of sp³-hybridized carbons (Fsp3) is 0.469. The number of carboxylic acid groups (broad SMARTS) is 1. The molecule has 2 N–H and O–H groups in total. The largest absolute Gasteiger partial charge is 0.481 e. The Bertz CT molecular complexity index is 1320. The highest BCUT2D eigenvalue weighted by Gasteiger charge is 2.77. The third-order valence-corrected chi connectivity index (χ3v) is 9.88. The van der Waals surface area contributed by atoms with Crippen LogP contribution in [0.25, 0.3) is 0 Å². The number of benzene rings is 2. The smallest absolute Gasteiger partial charge is 0.310 e. The molecule has 0 radical (unpaired) electrons. The van der Waals surface area contributed by atoms with Gasteiger partial charge in [0.1, 0.15) is 11.6 Å². The predicted octanol–water partition coefficient (Wildman–Crippen LogP) is 3.49. The number of amides is 2. The van der Waals surface area contributed by atoms with Gasteiger partial charge in [0.05, 0.1) is 30.6 Å². The van der Waals surface area contributed by atoms with E-state index in [2.05, 4.69) is 41.3 Å². The molecular formula is C32H38BrN3O6. The fourth-order valence-electron chi connectivity index (χ4n) is 7.19. The number of alkyl halides is 1. The summed E-state index contributed by atoms with van der Waals surface area (Å²) < 4.78 is 6.44. The number of rotatable bonds is 12. The van der Waals surface area contributed by atoms with Gasteiger partial charge in [0.25, 0.3) is 5.91 Å². The average molecular weight is 641 g/mol. The van der Waals surface area contributed by atoms with Crippen LogP contribution in [0.2, 0.25) is 0 Å². The van der Waals surface area contributed by atoms with E-state index >= 15 is 0 Å². The molecule has 3 fully saturated rings. The van der Waals surface area contributed by atoms with E-state index in [1.807, 2.05) is 54.6 Å². The second-order valence-electron chi connectivity index (χ2n) is 11.2. The van der Waals surface area contributed by atoms with Crippen molar-refractivity contribution >= 4 is 45.1 Å². The van der Waals surface area contributed by atoms with Crippen LogP contribution in [0.15, 0.2) is 67.3 Å². The van der Waals surface area contributed by atoms with E-state index in [-0.39, 0.29) is 17.3 Å². The van der Waals surface area contributed by atoms with Gasteiger partial charge < -0.3 is 29.6 Å². The van der Waals surface area contributed by atoms with E-state index in [4.69, 9.17) is 4.74 Å². The molecule has 3 aliphatic rings. The molecule has 2 aromatic carbocycles. The number of hydrogen-bond acceptors (Lipinski definition) is 6. The van der Waals surface area contributed by atoms with Gasteiger partial charge in [-0.3, -0.25) is 14.4 Å². The number of anilines is 2. The molecule has 0 aromatic heterocycles. The number of carbonyl (C=O) groups excluding carboxylic acids is 2. The number of aliphatic hydroxyl groups is 1. The molecule has 1 spiro atoms. The minimum atomic E-state index is -1.35. The van der Waals surface area contributed by atoms with Gasteiger partial charge in [-0.1, -0.05) is 52.3 Å². The van der Waals surface area contributed by atoms with Crippen molar-refractivity contribution < 1.29 is 29.3 Å². The van der Waals surface area contributed by atoms with Crippen LogP contribution in [0.3, 0.4) is 0 Å². The third kappa shape index (κ3) is 4.93. The van der Waals surface area contributed by atoms with Gasteiger partial charge in [0, 0.05) is 35.8 Å². The Morgan fingerprint density at radius 3 is 2.36 bits per heavy atom. The second kappa shape index (κ2) is 12.2. The summed E-state index contributed by atoms with van der Waals surface area (Å²) in [6.45, 7) is 9.49. The van der Waals surface area contributed by atoms with Crippen molar-refractivity contribution in [1.29, 1.82) is 0 Å². The molecule has 2 bridgehead atoms. The van der Waals surface area contributed by atoms with Gasteiger partial charge in [-0.2, -0.15) is 0 Å². The molecule has 5 rings (SSSR count). The van der Waals surface area contributed by atoms with Crippen LogP contribution in [0.4, 0.5) is 11.4 Å². The maximum absolute atomic E-state index is 14.8. The van der Waals surface area contributed by atoms with E-state index in [1.54, 1.807) is 11.0 Å². The number of carboxylic acids is 1. The van der Waals surface area contributed by atoms with Crippen molar-refractivity contribution in [2.24, 2.45) is 11.8 Å². The molecule has 224 valence electrons. The average Bonchev–Trinajstić information content (AvgIpc) is 3.59. The normalized spacial score (nSPS) is 28.4. The summed E-state index contributed by atoms with van der Waals surface area (Å²) in [5.41, 5.74) is 1.20. The van der Waals surface area contributed by atoms with Gasteiger partial charge >= 0.3 is 5.97 Å². The van der Waals surface area contributed by atoms with E-state index in [9.17, 15) is 24.6 Å². The summed E-state index contributed by atoms with van der Waals surface area (Å²) in [5, 5.41) is 20.8. The van der Waals surface area contributed by atoms with Gasteiger partial charge in [0.2, 0.25) is 5.91 Å². The van der Waals surface area contributed by atoms with Gasteiger partial charge in [-0.25, -0.2) is 0 Å². The molecule has 3 heterocycles.